The molecule has 0 radical (unpaired) electrons. The van der Waals surface area contributed by atoms with Crippen molar-refractivity contribution in [1.82, 2.24) is 0 Å². The number of amides is 1. The van der Waals surface area contributed by atoms with E-state index in [0.29, 0.717) is 11.3 Å². The van der Waals surface area contributed by atoms with E-state index in [-0.39, 0.29) is 12.2 Å². The van der Waals surface area contributed by atoms with E-state index in [2.05, 4.69) is 5.32 Å². The van der Waals surface area contributed by atoms with Gasteiger partial charge >= 0.3 is 0 Å². The third kappa shape index (κ3) is 3.59. The normalized spacial score (nSPS) is 19.4. The molecule has 4 heteroatoms. The molecule has 0 aliphatic carbocycles. The lowest BCUT2D eigenvalue weighted by atomic mass is 9.89. The number of carbonyl (C=O) groups excluding carboxylic acids is 2. The maximum Gasteiger partial charge on any atom is 0.261 e. The smallest absolute Gasteiger partial charge is 0.261 e. The number of nitrogens with one attached hydrogen (secondary N) is 1. The monoisotopic (exact) mass is 333 g/mol. The molecule has 0 saturated carbocycles. The van der Waals surface area contributed by atoms with Gasteiger partial charge in [0.2, 0.25) is 0 Å². The molecule has 4 nitrogen and oxygen atoms in total. The summed E-state index contributed by atoms with van der Waals surface area (Å²) in [6, 6.07) is 15.0. The van der Waals surface area contributed by atoms with Crippen LogP contribution in [-0.4, -0.2) is 16.8 Å². The number of aryl methyl sites for hydroxylation is 1. The summed E-state index contributed by atoms with van der Waals surface area (Å²) in [5, 5.41) is 13.4. The number of rotatable bonds is 5. The standard InChI is InChI=1S/C21H19NO3/c1-15-11-12-19-18(13-15)21(25,20(24)22-19)14-17(23)10-6-5-9-16-7-3-2-4-8-16/h2-13,25H,14H2,1H3,(H,22,24)/b9-5-,10-6+/t21-/m0/s1. The molecule has 1 amide bonds. The molecule has 0 fully saturated rings. The Morgan fingerprint density at radius 3 is 2.68 bits per heavy atom. The molecule has 1 atom stereocenters. The minimum absolute atomic E-state index is 0.287. The van der Waals surface area contributed by atoms with Crippen molar-refractivity contribution >= 4 is 23.5 Å². The van der Waals surface area contributed by atoms with Gasteiger partial charge in [0, 0.05) is 11.3 Å². The Hall–Kier alpha value is -2.98. The summed E-state index contributed by atoms with van der Waals surface area (Å²) in [5.74, 6) is -0.876. The molecular formula is C21H19NO3. The molecule has 3 rings (SSSR count). The van der Waals surface area contributed by atoms with Gasteiger partial charge in [-0.05, 0) is 24.6 Å². The highest BCUT2D eigenvalue weighted by Crippen LogP contribution is 2.39. The van der Waals surface area contributed by atoms with Crippen LogP contribution in [0.2, 0.25) is 0 Å². The number of hydrogen-bond acceptors (Lipinski definition) is 3. The molecule has 0 aromatic heterocycles. The molecule has 2 aromatic rings. The summed E-state index contributed by atoms with van der Waals surface area (Å²) in [5.41, 5.74) is 1.14. The Bertz CT molecular complexity index is 868. The number of hydrogen-bond donors (Lipinski definition) is 2. The Balaban J connectivity index is 1.71. The number of aliphatic hydroxyl groups is 1. The van der Waals surface area contributed by atoms with Crippen molar-refractivity contribution in [2.75, 3.05) is 5.32 Å². The Morgan fingerprint density at radius 2 is 1.92 bits per heavy atom. The average molecular weight is 333 g/mol. The maximum atomic E-state index is 12.2. The van der Waals surface area contributed by atoms with E-state index >= 15 is 0 Å². The fraction of sp³-hybridized carbons (Fsp3) is 0.143. The molecule has 1 heterocycles. The molecule has 1 aliphatic rings. The van der Waals surface area contributed by atoms with Crippen LogP contribution in [0.5, 0.6) is 0 Å². The van der Waals surface area contributed by atoms with Gasteiger partial charge in [-0.15, -0.1) is 0 Å². The topological polar surface area (TPSA) is 66.4 Å². The fourth-order valence-corrected chi connectivity index (χ4v) is 2.84. The fourth-order valence-electron chi connectivity index (χ4n) is 2.84. The van der Waals surface area contributed by atoms with Crippen molar-refractivity contribution in [2.24, 2.45) is 0 Å². The van der Waals surface area contributed by atoms with Crippen molar-refractivity contribution in [1.29, 1.82) is 0 Å². The zero-order valence-corrected chi connectivity index (χ0v) is 13.9. The predicted octanol–water partition coefficient (Wildman–Crippen LogP) is 3.36. The summed E-state index contributed by atoms with van der Waals surface area (Å²) in [7, 11) is 0. The average Bonchev–Trinajstić information content (AvgIpc) is 2.83. The van der Waals surface area contributed by atoms with Crippen LogP contribution < -0.4 is 5.32 Å². The van der Waals surface area contributed by atoms with Gasteiger partial charge < -0.3 is 10.4 Å². The molecule has 1 aliphatic heterocycles. The van der Waals surface area contributed by atoms with Crippen molar-refractivity contribution in [3.63, 3.8) is 0 Å². The highest BCUT2D eigenvalue weighted by atomic mass is 16.3. The summed E-state index contributed by atoms with van der Waals surface area (Å²) in [6.07, 6.45) is 6.33. The van der Waals surface area contributed by atoms with Gasteiger partial charge in [-0.2, -0.15) is 0 Å². The van der Waals surface area contributed by atoms with Gasteiger partial charge in [0.25, 0.3) is 5.91 Å². The van der Waals surface area contributed by atoms with Crippen LogP contribution in [0, 0.1) is 6.92 Å². The highest BCUT2D eigenvalue weighted by Gasteiger charge is 2.46. The van der Waals surface area contributed by atoms with Crippen LogP contribution >= 0.6 is 0 Å². The lowest BCUT2D eigenvalue weighted by Crippen LogP contribution is -2.36. The van der Waals surface area contributed by atoms with E-state index in [9.17, 15) is 14.7 Å². The Kier molecular flexibility index (Phi) is 4.63. The van der Waals surface area contributed by atoms with E-state index in [1.807, 2.05) is 49.4 Å². The third-order valence-electron chi connectivity index (χ3n) is 4.16. The summed E-state index contributed by atoms with van der Waals surface area (Å²) in [6.45, 7) is 1.87. The summed E-state index contributed by atoms with van der Waals surface area (Å²) in [4.78, 5) is 24.4. The van der Waals surface area contributed by atoms with E-state index < -0.39 is 11.5 Å². The largest absolute Gasteiger partial charge is 0.375 e. The van der Waals surface area contributed by atoms with Gasteiger partial charge in [0.05, 0.1) is 6.42 Å². The van der Waals surface area contributed by atoms with Gasteiger partial charge in [-0.25, -0.2) is 0 Å². The lowest BCUT2D eigenvalue weighted by molar-refractivity contribution is -0.138. The molecule has 0 saturated heterocycles. The van der Waals surface area contributed by atoms with Crippen molar-refractivity contribution in [2.45, 2.75) is 18.9 Å². The van der Waals surface area contributed by atoms with Crippen LogP contribution in [0.4, 0.5) is 5.69 Å². The van der Waals surface area contributed by atoms with E-state index in [0.717, 1.165) is 11.1 Å². The van der Waals surface area contributed by atoms with Gasteiger partial charge in [0.1, 0.15) is 0 Å². The summed E-state index contributed by atoms with van der Waals surface area (Å²) < 4.78 is 0. The Morgan fingerprint density at radius 1 is 1.16 bits per heavy atom. The maximum absolute atomic E-state index is 12.2. The lowest BCUT2D eigenvalue weighted by Gasteiger charge is -2.19. The number of allylic oxidation sites excluding steroid dienone is 3. The molecular weight excluding hydrogens is 314 g/mol. The first-order valence-corrected chi connectivity index (χ1v) is 8.07. The van der Waals surface area contributed by atoms with Crippen molar-refractivity contribution < 1.29 is 14.7 Å². The van der Waals surface area contributed by atoms with E-state index in [4.69, 9.17) is 0 Å². The quantitative estimate of drug-likeness (QED) is 0.651. The highest BCUT2D eigenvalue weighted by molar-refractivity contribution is 6.08. The van der Waals surface area contributed by atoms with Crippen LogP contribution in [0.3, 0.4) is 0 Å². The molecule has 0 bridgehead atoms. The molecule has 0 unspecified atom stereocenters. The number of anilines is 1. The second-order valence-electron chi connectivity index (χ2n) is 6.14. The number of fused-ring (bicyclic) bond motifs is 1. The minimum Gasteiger partial charge on any atom is -0.375 e. The second-order valence-corrected chi connectivity index (χ2v) is 6.14. The summed E-state index contributed by atoms with van der Waals surface area (Å²) >= 11 is 0. The second kappa shape index (κ2) is 6.87. The zero-order chi connectivity index (χ0) is 17.9. The third-order valence-corrected chi connectivity index (χ3v) is 4.16. The van der Waals surface area contributed by atoms with Crippen LogP contribution in [-0.2, 0) is 15.2 Å². The first-order valence-electron chi connectivity index (χ1n) is 8.07. The molecule has 126 valence electrons. The predicted molar refractivity (Wildman–Crippen MR) is 97.9 cm³/mol. The minimum atomic E-state index is -1.81. The van der Waals surface area contributed by atoms with E-state index in [1.165, 1.54) is 6.08 Å². The van der Waals surface area contributed by atoms with Gasteiger partial charge in [-0.3, -0.25) is 9.59 Å². The van der Waals surface area contributed by atoms with Crippen LogP contribution in [0.15, 0.2) is 66.8 Å². The number of carbonyl (C=O) groups is 2. The van der Waals surface area contributed by atoms with Crippen LogP contribution in [0.25, 0.3) is 6.08 Å². The molecule has 0 spiro atoms. The van der Waals surface area contributed by atoms with Gasteiger partial charge in [0.15, 0.2) is 11.4 Å². The molecule has 2 N–H and O–H groups in total. The number of benzene rings is 2. The molecule has 2 aromatic carbocycles. The Labute approximate surface area is 146 Å². The number of ketones is 1. The van der Waals surface area contributed by atoms with Crippen molar-refractivity contribution in [3.05, 3.63) is 83.4 Å². The first kappa shape index (κ1) is 16.9. The first-order chi connectivity index (χ1) is 12.0. The SMILES string of the molecule is Cc1ccc2c(c1)[C@@](O)(CC(=O)/C=C/C=C\c1ccccc1)C(=O)N2. The zero-order valence-electron chi connectivity index (χ0n) is 13.9. The van der Waals surface area contributed by atoms with Gasteiger partial charge in [-0.1, -0.05) is 66.3 Å². The van der Waals surface area contributed by atoms with Crippen molar-refractivity contribution in [3.8, 4) is 0 Å². The molecule has 25 heavy (non-hydrogen) atoms. The van der Waals surface area contributed by atoms with Crippen LogP contribution in [0.1, 0.15) is 23.1 Å². The van der Waals surface area contributed by atoms with E-state index in [1.54, 1.807) is 24.3 Å².